The average Bonchev–Trinajstić information content (AvgIpc) is 2.62. The lowest BCUT2D eigenvalue weighted by atomic mass is 10.1. The summed E-state index contributed by atoms with van der Waals surface area (Å²) in [5.74, 6) is -0.0487. The van der Waals surface area contributed by atoms with Gasteiger partial charge in [-0.1, -0.05) is 12.1 Å². The second kappa shape index (κ2) is 4.74. The summed E-state index contributed by atoms with van der Waals surface area (Å²) in [4.78, 5) is 12.4. The number of hydrogen-bond donors (Lipinski definition) is 0. The summed E-state index contributed by atoms with van der Waals surface area (Å²) in [6.07, 6.45) is 1.62. The fourth-order valence-corrected chi connectivity index (χ4v) is 2.59. The minimum absolute atomic E-state index is 0.0487. The van der Waals surface area contributed by atoms with E-state index in [0.29, 0.717) is 15.7 Å². The molecule has 1 aromatic carbocycles. The van der Waals surface area contributed by atoms with Crippen molar-refractivity contribution in [2.24, 2.45) is 7.05 Å². The highest BCUT2D eigenvalue weighted by atomic mass is 79.9. The van der Waals surface area contributed by atoms with Crippen LogP contribution in [0.4, 0.5) is 0 Å². The van der Waals surface area contributed by atoms with Gasteiger partial charge < -0.3 is 0 Å². The van der Waals surface area contributed by atoms with Crippen LogP contribution in [0.5, 0.6) is 0 Å². The Morgan fingerprint density at radius 2 is 2.06 bits per heavy atom. The van der Waals surface area contributed by atoms with Crippen molar-refractivity contribution in [3.8, 4) is 0 Å². The first-order chi connectivity index (χ1) is 8.02. The van der Waals surface area contributed by atoms with Gasteiger partial charge in [0.05, 0.1) is 10.7 Å². The number of hydrogen-bond acceptors (Lipinski definition) is 2. The summed E-state index contributed by atoms with van der Waals surface area (Å²) in [6.45, 7) is 1.96. The van der Waals surface area contributed by atoms with E-state index in [4.69, 9.17) is 0 Å². The van der Waals surface area contributed by atoms with Gasteiger partial charge in [-0.25, -0.2) is 0 Å². The lowest BCUT2D eigenvalue weighted by molar-refractivity contribution is 0.102. The molecule has 0 N–H and O–H groups in total. The fourth-order valence-electron chi connectivity index (χ4n) is 1.62. The molecule has 5 heteroatoms. The minimum Gasteiger partial charge on any atom is -0.287 e. The van der Waals surface area contributed by atoms with Crippen LogP contribution in [0.25, 0.3) is 0 Å². The molecule has 0 fully saturated rings. The van der Waals surface area contributed by atoms with Crippen LogP contribution in [0.3, 0.4) is 0 Å². The van der Waals surface area contributed by atoms with Crippen LogP contribution in [0.2, 0.25) is 0 Å². The first kappa shape index (κ1) is 12.5. The topological polar surface area (TPSA) is 34.9 Å². The summed E-state index contributed by atoms with van der Waals surface area (Å²) in [5, 5.41) is 4.05. The first-order valence-corrected chi connectivity index (χ1v) is 6.58. The molecule has 0 radical (unpaired) electrons. The fraction of sp³-hybridized carbons (Fsp3) is 0.167. The number of aromatic nitrogens is 2. The van der Waals surface area contributed by atoms with Gasteiger partial charge in [0, 0.05) is 17.1 Å². The van der Waals surface area contributed by atoms with Crippen LogP contribution in [0.1, 0.15) is 21.6 Å². The van der Waals surface area contributed by atoms with Crippen molar-refractivity contribution in [2.75, 3.05) is 0 Å². The maximum Gasteiger partial charge on any atom is 0.213 e. The molecule has 0 aliphatic heterocycles. The Hall–Kier alpha value is -0.940. The number of carbonyl (C=O) groups is 1. The SMILES string of the molecule is Cc1cccc(C(=O)c2c(Br)cnn2C)c1Br. The molecule has 0 spiro atoms. The van der Waals surface area contributed by atoms with Gasteiger partial charge >= 0.3 is 0 Å². The van der Waals surface area contributed by atoms with Crippen molar-refractivity contribution < 1.29 is 4.79 Å². The molecule has 2 rings (SSSR count). The second-order valence-corrected chi connectivity index (χ2v) is 5.38. The monoisotopic (exact) mass is 356 g/mol. The number of nitrogens with zero attached hydrogens (tertiary/aromatic N) is 2. The normalized spacial score (nSPS) is 10.6. The minimum atomic E-state index is -0.0487. The van der Waals surface area contributed by atoms with Crippen molar-refractivity contribution in [3.05, 3.63) is 50.2 Å². The molecular weight excluding hydrogens is 348 g/mol. The smallest absolute Gasteiger partial charge is 0.213 e. The molecule has 88 valence electrons. The van der Waals surface area contributed by atoms with E-state index >= 15 is 0 Å². The quantitative estimate of drug-likeness (QED) is 0.771. The van der Waals surface area contributed by atoms with E-state index in [1.165, 1.54) is 0 Å². The third kappa shape index (κ3) is 2.21. The molecule has 2 aromatic rings. The van der Waals surface area contributed by atoms with Crippen molar-refractivity contribution in [1.82, 2.24) is 9.78 Å². The van der Waals surface area contributed by atoms with E-state index in [1.54, 1.807) is 24.0 Å². The van der Waals surface area contributed by atoms with Gasteiger partial charge in [-0.15, -0.1) is 0 Å². The van der Waals surface area contributed by atoms with Gasteiger partial charge in [0.15, 0.2) is 0 Å². The van der Waals surface area contributed by atoms with Gasteiger partial charge in [0.25, 0.3) is 0 Å². The molecule has 0 amide bonds. The molecule has 0 aliphatic carbocycles. The molecule has 0 saturated heterocycles. The van der Waals surface area contributed by atoms with Crippen molar-refractivity contribution in [3.63, 3.8) is 0 Å². The van der Waals surface area contributed by atoms with Crippen LogP contribution in [-0.2, 0) is 7.05 Å². The molecule has 0 atom stereocenters. The Labute approximate surface area is 116 Å². The van der Waals surface area contributed by atoms with E-state index in [1.807, 2.05) is 19.1 Å². The lowest BCUT2D eigenvalue weighted by Gasteiger charge is -2.07. The zero-order valence-corrected chi connectivity index (χ0v) is 12.5. The molecule has 1 aromatic heterocycles. The van der Waals surface area contributed by atoms with Crippen LogP contribution in [0, 0.1) is 6.92 Å². The number of ketones is 1. The van der Waals surface area contributed by atoms with Gasteiger partial charge in [-0.3, -0.25) is 9.48 Å². The number of halogens is 2. The Morgan fingerprint density at radius 3 is 2.65 bits per heavy atom. The van der Waals surface area contributed by atoms with Crippen LogP contribution in [-0.4, -0.2) is 15.6 Å². The highest BCUT2D eigenvalue weighted by Gasteiger charge is 2.19. The number of rotatable bonds is 2. The zero-order valence-electron chi connectivity index (χ0n) is 9.37. The van der Waals surface area contributed by atoms with Crippen molar-refractivity contribution >= 4 is 37.6 Å². The summed E-state index contributed by atoms with van der Waals surface area (Å²) >= 11 is 6.79. The first-order valence-electron chi connectivity index (χ1n) is 4.99. The predicted octanol–water partition coefficient (Wildman–Crippen LogP) is 3.48. The highest BCUT2D eigenvalue weighted by Crippen LogP contribution is 2.26. The highest BCUT2D eigenvalue weighted by molar-refractivity contribution is 9.11. The molecule has 0 unspecified atom stereocenters. The predicted molar refractivity (Wildman–Crippen MR) is 73.2 cm³/mol. The van der Waals surface area contributed by atoms with E-state index in [9.17, 15) is 4.79 Å². The van der Waals surface area contributed by atoms with E-state index in [0.717, 1.165) is 10.0 Å². The standard InChI is InChI=1S/C12H10Br2N2O/c1-7-4-3-5-8(10(7)14)12(17)11-9(13)6-15-16(11)2/h3-6H,1-2H3. The summed E-state index contributed by atoms with van der Waals surface area (Å²) in [6, 6.07) is 5.63. The maximum absolute atomic E-state index is 12.4. The Kier molecular flexibility index (Phi) is 3.49. The molecule has 0 bridgehead atoms. The van der Waals surface area contributed by atoms with Gasteiger partial charge in [-0.05, 0) is 50.4 Å². The van der Waals surface area contributed by atoms with E-state index in [2.05, 4.69) is 37.0 Å². The van der Waals surface area contributed by atoms with Gasteiger partial charge in [0.2, 0.25) is 5.78 Å². The van der Waals surface area contributed by atoms with Crippen molar-refractivity contribution in [1.29, 1.82) is 0 Å². The van der Waals surface area contributed by atoms with Crippen LogP contribution < -0.4 is 0 Å². The summed E-state index contributed by atoms with van der Waals surface area (Å²) in [5.41, 5.74) is 2.24. The number of aryl methyl sites for hydroxylation is 2. The summed E-state index contributed by atoms with van der Waals surface area (Å²) in [7, 11) is 1.75. The van der Waals surface area contributed by atoms with Crippen LogP contribution in [0.15, 0.2) is 33.3 Å². The van der Waals surface area contributed by atoms with Crippen molar-refractivity contribution in [2.45, 2.75) is 6.92 Å². The molecule has 1 heterocycles. The molecule has 0 aliphatic rings. The Bertz CT molecular complexity index is 571. The third-order valence-electron chi connectivity index (χ3n) is 2.55. The second-order valence-electron chi connectivity index (χ2n) is 3.73. The number of benzene rings is 1. The summed E-state index contributed by atoms with van der Waals surface area (Å²) < 4.78 is 3.11. The number of carbonyl (C=O) groups excluding carboxylic acids is 1. The maximum atomic E-state index is 12.4. The molecule has 3 nitrogen and oxygen atoms in total. The molecular formula is C12H10Br2N2O. The van der Waals surface area contributed by atoms with Gasteiger partial charge in [-0.2, -0.15) is 5.10 Å². The lowest BCUT2D eigenvalue weighted by Crippen LogP contribution is -2.10. The molecule has 17 heavy (non-hydrogen) atoms. The van der Waals surface area contributed by atoms with Crippen LogP contribution >= 0.6 is 31.9 Å². The zero-order chi connectivity index (χ0) is 12.6. The van der Waals surface area contributed by atoms with E-state index in [-0.39, 0.29) is 5.78 Å². The molecule has 0 saturated carbocycles. The third-order valence-corrected chi connectivity index (χ3v) is 4.18. The average molecular weight is 358 g/mol. The Balaban J connectivity index is 2.55. The largest absolute Gasteiger partial charge is 0.287 e. The van der Waals surface area contributed by atoms with Gasteiger partial charge in [0.1, 0.15) is 5.69 Å². The Morgan fingerprint density at radius 1 is 1.35 bits per heavy atom. The van der Waals surface area contributed by atoms with E-state index < -0.39 is 0 Å².